The minimum Gasteiger partial charge on any atom is -0.375 e. The van der Waals surface area contributed by atoms with Gasteiger partial charge in [-0.05, 0) is 36.2 Å². The zero-order chi connectivity index (χ0) is 17.4. The van der Waals surface area contributed by atoms with Crippen molar-refractivity contribution in [1.82, 2.24) is 15.2 Å². The third kappa shape index (κ3) is 7.03. The smallest absolute Gasteiger partial charge is 0.191 e. The summed E-state index contributed by atoms with van der Waals surface area (Å²) in [6.07, 6.45) is 3.87. The number of benzene rings is 1. The van der Waals surface area contributed by atoms with E-state index in [1.807, 2.05) is 37.0 Å². The van der Waals surface area contributed by atoms with Crippen molar-refractivity contribution in [1.29, 1.82) is 0 Å². The highest BCUT2D eigenvalue weighted by Crippen LogP contribution is 2.16. The van der Waals surface area contributed by atoms with Crippen molar-refractivity contribution in [2.75, 3.05) is 20.2 Å². The van der Waals surface area contributed by atoms with Crippen LogP contribution in [0.3, 0.4) is 0 Å². The molecule has 138 valence electrons. The van der Waals surface area contributed by atoms with E-state index >= 15 is 0 Å². The fourth-order valence-electron chi connectivity index (χ4n) is 2.37. The van der Waals surface area contributed by atoms with Gasteiger partial charge < -0.3 is 19.9 Å². The van der Waals surface area contributed by atoms with Crippen molar-refractivity contribution in [3.63, 3.8) is 0 Å². The molecule has 1 heterocycles. The quantitative estimate of drug-likeness (QED) is 0.379. The summed E-state index contributed by atoms with van der Waals surface area (Å²) < 4.78 is 20.5. The molecular weight excluding hydrogens is 434 g/mol. The molecular formula is C18H26FIN4O. The summed E-state index contributed by atoms with van der Waals surface area (Å²) in [5.41, 5.74) is 2.07. The Morgan fingerprint density at radius 1 is 1.24 bits per heavy atom. The average Bonchev–Trinajstić information content (AvgIpc) is 3.00. The van der Waals surface area contributed by atoms with Crippen molar-refractivity contribution in [2.45, 2.75) is 19.6 Å². The first-order chi connectivity index (χ1) is 11.6. The minimum atomic E-state index is -0.251. The van der Waals surface area contributed by atoms with Crippen LogP contribution in [0.1, 0.15) is 24.2 Å². The highest BCUT2D eigenvalue weighted by atomic mass is 127. The topological polar surface area (TPSA) is 50.6 Å². The molecule has 2 rings (SSSR count). The predicted octanol–water partition coefficient (Wildman–Crippen LogP) is 3.23. The van der Waals surface area contributed by atoms with Crippen molar-refractivity contribution in [3.8, 4) is 0 Å². The Bertz CT molecular complexity index is 657. The lowest BCUT2D eigenvalue weighted by atomic mass is 10.1. The summed E-state index contributed by atoms with van der Waals surface area (Å²) >= 11 is 0. The number of nitrogens with one attached hydrogen (secondary N) is 2. The Kier molecular flexibility index (Phi) is 9.51. The molecule has 0 saturated carbocycles. The third-order valence-electron chi connectivity index (χ3n) is 3.64. The Morgan fingerprint density at radius 2 is 1.96 bits per heavy atom. The van der Waals surface area contributed by atoms with Crippen LogP contribution in [0.25, 0.3) is 0 Å². The number of aromatic nitrogens is 1. The standard InChI is InChI=1S/C18H25FN4O.HI/c1-4-20-18(21-11-14-9-10-23(2)13-14)22-12-17(24-3)15-5-7-16(19)8-6-15;/h5-10,13,17H,4,11-12H2,1-3H3,(H2,20,21,22);1H. The lowest BCUT2D eigenvalue weighted by molar-refractivity contribution is 0.106. The van der Waals surface area contributed by atoms with Gasteiger partial charge in [-0.15, -0.1) is 24.0 Å². The number of guanidine groups is 1. The van der Waals surface area contributed by atoms with Crippen LogP contribution in [0.5, 0.6) is 0 Å². The molecule has 1 atom stereocenters. The molecule has 0 bridgehead atoms. The second-order valence-corrected chi connectivity index (χ2v) is 5.54. The van der Waals surface area contributed by atoms with Crippen molar-refractivity contribution in [2.24, 2.45) is 12.0 Å². The summed E-state index contributed by atoms with van der Waals surface area (Å²) in [4.78, 5) is 4.58. The summed E-state index contributed by atoms with van der Waals surface area (Å²) in [6, 6.07) is 8.40. The van der Waals surface area contributed by atoms with Gasteiger partial charge in [-0.25, -0.2) is 9.38 Å². The Morgan fingerprint density at radius 3 is 2.52 bits per heavy atom. The van der Waals surface area contributed by atoms with Crippen LogP contribution in [-0.2, 0) is 18.3 Å². The Hall–Kier alpha value is -1.61. The number of aliphatic imine (C=N–C) groups is 1. The van der Waals surface area contributed by atoms with E-state index in [1.165, 1.54) is 12.1 Å². The molecule has 0 aliphatic carbocycles. The molecule has 7 heteroatoms. The third-order valence-corrected chi connectivity index (χ3v) is 3.64. The summed E-state index contributed by atoms with van der Waals surface area (Å²) in [5.74, 6) is 0.477. The van der Waals surface area contributed by atoms with Gasteiger partial charge in [0.15, 0.2) is 5.96 Å². The fourth-order valence-corrected chi connectivity index (χ4v) is 2.37. The molecule has 1 aromatic heterocycles. The molecule has 0 fully saturated rings. The zero-order valence-electron chi connectivity index (χ0n) is 14.8. The van der Waals surface area contributed by atoms with E-state index in [0.29, 0.717) is 13.1 Å². The number of hydrogen-bond acceptors (Lipinski definition) is 2. The first-order valence-corrected chi connectivity index (χ1v) is 8.03. The van der Waals surface area contributed by atoms with Gasteiger partial charge in [-0.3, -0.25) is 0 Å². The Balaban J connectivity index is 0.00000312. The molecule has 2 aromatic rings. The highest BCUT2D eigenvalue weighted by Gasteiger charge is 2.11. The summed E-state index contributed by atoms with van der Waals surface area (Å²) in [6.45, 7) is 3.94. The number of hydrogen-bond donors (Lipinski definition) is 2. The monoisotopic (exact) mass is 460 g/mol. The number of nitrogens with zero attached hydrogens (tertiary/aromatic N) is 2. The normalized spacial score (nSPS) is 12.4. The van der Waals surface area contributed by atoms with Crippen LogP contribution in [0.15, 0.2) is 47.7 Å². The maximum absolute atomic E-state index is 13.0. The molecule has 0 aliphatic heterocycles. The van der Waals surface area contributed by atoms with E-state index in [2.05, 4.69) is 15.6 Å². The molecule has 0 aliphatic rings. The van der Waals surface area contributed by atoms with Gasteiger partial charge in [-0.1, -0.05) is 12.1 Å². The first kappa shape index (κ1) is 21.4. The van der Waals surface area contributed by atoms with Crippen molar-refractivity contribution < 1.29 is 9.13 Å². The molecule has 0 spiro atoms. The van der Waals surface area contributed by atoms with Crippen LogP contribution >= 0.6 is 24.0 Å². The molecule has 1 unspecified atom stereocenters. The van der Waals surface area contributed by atoms with E-state index in [-0.39, 0.29) is 35.9 Å². The molecule has 1 aromatic carbocycles. The second-order valence-electron chi connectivity index (χ2n) is 5.54. The van der Waals surface area contributed by atoms with Crippen LogP contribution in [0.4, 0.5) is 4.39 Å². The van der Waals surface area contributed by atoms with Gasteiger partial charge in [0.25, 0.3) is 0 Å². The number of methoxy groups -OCH3 is 1. The zero-order valence-corrected chi connectivity index (χ0v) is 17.2. The maximum atomic E-state index is 13.0. The van der Waals surface area contributed by atoms with Gasteiger partial charge in [-0.2, -0.15) is 0 Å². The lowest BCUT2D eigenvalue weighted by Crippen LogP contribution is -2.39. The SMILES string of the molecule is CCNC(=NCc1ccn(C)c1)NCC(OC)c1ccc(F)cc1.I. The van der Waals surface area contributed by atoms with Gasteiger partial charge in [0, 0.05) is 39.6 Å². The van der Waals surface area contributed by atoms with Crippen LogP contribution < -0.4 is 10.6 Å². The Labute approximate surface area is 165 Å². The fraction of sp³-hybridized carbons (Fsp3) is 0.389. The minimum absolute atomic E-state index is 0. The largest absolute Gasteiger partial charge is 0.375 e. The summed E-state index contributed by atoms with van der Waals surface area (Å²) in [7, 11) is 3.63. The van der Waals surface area contributed by atoms with Gasteiger partial charge in [0.1, 0.15) is 5.82 Å². The molecule has 25 heavy (non-hydrogen) atoms. The second kappa shape index (κ2) is 11.1. The number of halogens is 2. The van der Waals surface area contributed by atoms with Crippen LogP contribution in [-0.4, -0.2) is 30.7 Å². The molecule has 5 nitrogen and oxygen atoms in total. The number of aryl methyl sites for hydroxylation is 1. The number of rotatable bonds is 7. The summed E-state index contributed by atoms with van der Waals surface area (Å²) in [5, 5.41) is 6.49. The van der Waals surface area contributed by atoms with Gasteiger partial charge >= 0.3 is 0 Å². The van der Waals surface area contributed by atoms with Crippen molar-refractivity contribution >= 4 is 29.9 Å². The van der Waals surface area contributed by atoms with E-state index < -0.39 is 0 Å². The van der Waals surface area contributed by atoms with Gasteiger partial charge in [0.05, 0.1) is 12.6 Å². The van der Waals surface area contributed by atoms with E-state index in [9.17, 15) is 4.39 Å². The maximum Gasteiger partial charge on any atom is 0.191 e. The highest BCUT2D eigenvalue weighted by molar-refractivity contribution is 14.0. The molecule has 2 N–H and O–H groups in total. The van der Waals surface area contributed by atoms with E-state index in [4.69, 9.17) is 4.74 Å². The van der Waals surface area contributed by atoms with E-state index in [1.54, 1.807) is 19.2 Å². The lowest BCUT2D eigenvalue weighted by Gasteiger charge is -2.18. The average molecular weight is 460 g/mol. The molecule has 0 radical (unpaired) electrons. The van der Waals surface area contributed by atoms with E-state index in [0.717, 1.165) is 23.6 Å². The van der Waals surface area contributed by atoms with Crippen LogP contribution in [0.2, 0.25) is 0 Å². The van der Waals surface area contributed by atoms with Crippen LogP contribution in [0, 0.1) is 5.82 Å². The molecule has 0 amide bonds. The number of ether oxygens (including phenoxy) is 1. The first-order valence-electron chi connectivity index (χ1n) is 8.03. The van der Waals surface area contributed by atoms with Gasteiger partial charge in [0.2, 0.25) is 0 Å². The van der Waals surface area contributed by atoms with Crippen molar-refractivity contribution in [3.05, 3.63) is 59.7 Å². The predicted molar refractivity (Wildman–Crippen MR) is 110 cm³/mol. The molecule has 0 saturated heterocycles.